The number of nitro groups is 1. The van der Waals surface area contributed by atoms with Crippen LogP contribution in [0.2, 0.25) is 0 Å². The predicted molar refractivity (Wildman–Crippen MR) is 88.6 cm³/mol. The average molecular weight is 360 g/mol. The van der Waals surface area contributed by atoms with E-state index in [1.807, 2.05) is 17.5 Å². The zero-order valence-corrected chi connectivity index (χ0v) is 13.8. The number of hydrogen-bond acceptors (Lipinski definition) is 8. The smallest absolute Gasteiger partial charge is 0.338 e. The van der Waals surface area contributed by atoms with Crippen molar-refractivity contribution in [1.29, 1.82) is 0 Å². The number of hydrogen-bond donors (Lipinski definition) is 0. The molecule has 0 fully saturated rings. The standard InChI is InChI=1S/C16H12N2O6S/c1-22-16(19)10-4-5-13(12(7-10)18(20)21)23-9-11-8-14(24-17-11)15-3-2-6-25-15/h2-8H,9H2,1H3. The highest BCUT2D eigenvalue weighted by molar-refractivity contribution is 7.13. The fourth-order valence-electron chi connectivity index (χ4n) is 2.09. The normalized spacial score (nSPS) is 10.4. The van der Waals surface area contributed by atoms with E-state index in [2.05, 4.69) is 9.89 Å². The van der Waals surface area contributed by atoms with E-state index in [-0.39, 0.29) is 23.6 Å². The number of nitro benzene ring substituents is 1. The number of carbonyl (C=O) groups excluding carboxylic acids is 1. The lowest BCUT2D eigenvalue weighted by atomic mass is 10.2. The number of rotatable bonds is 6. The van der Waals surface area contributed by atoms with Gasteiger partial charge in [-0.25, -0.2) is 4.79 Å². The van der Waals surface area contributed by atoms with Gasteiger partial charge in [0, 0.05) is 12.1 Å². The molecular weight excluding hydrogens is 348 g/mol. The topological polar surface area (TPSA) is 105 Å². The Morgan fingerprint density at radius 2 is 2.20 bits per heavy atom. The second kappa shape index (κ2) is 7.14. The lowest BCUT2D eigenvalue weighted by Gasteiger charge is -2.06. The Morgan fingerprint density at radius 3 is 2.88 bits per heavy atom. The van der Waals surface area contributed by atoms with Gasteiger partial charge in [0.15, 0.2) is 11.5 Å². The van der Waals surface area contributed by atoms with Crippen molar-refractivity contribution in [3.8, 4) is 16.4 Å². The number of esters is 1. The van der Waals surface area contributed by atoms with E-state index < -0.39 is 10.9 Å². The van der Waals surface area contributed by atoms with Crippen molar-refractivity contribution in [2.45, 2.75) is 6.61 Å². The van der Waals surface area contributed by atoms with Crippen LogP contribution in [0.5, 0.6) is 5.75 Å². The first-order valence-corrected chi connectivity index (χ1v) is 7.95. The number of benzene rings is 1. The van der Waals surface area contributed by atoms with Crippen LogP contribution in [-0.2, 0) is 11.3 Å². The van der Waals surface area contributed by atoms with Gasteiger partial charge in [0.05, 0.1) is 22.5 Å². The van der Waals surface area contributed by atoms with E-state index >= 15 is 0 Å². The lowest BCUT2D eigenvalue weighted by Crippen LogP contribution is -2.04. The summed E-state index contributed by atoms with van der Waals surface area (Å²) in [7, 11) is 1.20. The molecule has 0 N–H and O–H groups in total. The molecule has 2 heterocycles. The van der Waals surface area contributed by atoms with Crippen LogP contribution in [0.25, 0.3) is 10.6 Å². The fraction of sp³-hybridized carbons (Fsp3) is 0.125. The van der Waals surface area contributed by atoms with E-state index in [0.29, 0.717) is 11.5 Å². The highest BCUT2D eigenvalue weighted by Gasteiger charge is 2.20. The summed E-state index contributed by atoms with van der Waals surface area (Å²) in [6, 6.07) is 9.36. The van der Waals surface area contributed by atoms with Crippen LogP contribution >= 0.6 is 11.3 Å². The van der Waals surface area contributed by atoms with Crippen molar-refractivity contribution in [3.63, 3.8) is 0 Å². The first-order chi connectivity index (χ1) is 12.1. The molecule has 0 aliphatic heterocycles. The number of thiophene rings is 1. The van der Waals surface area contributed by atoms with Crippen LogP contribution in [0.1, 0.15) is 16.1 Å². The molecule has 0 bridgehead atoms. The Hall–Kier alpha value is -3.20. The van der Waals surface area contributed by atoms with Crippen LogP contribution in [0.4, 0.5) is 5.69 Å². The molecule has 8 nitrogen and oxygen atoms in total. The maximum Gasteiger partial charge on any atom is 0.338 e. The van der Waals surface area contributed by atoms with Crippen LogP contribution < -0.4 is 4.74 Å². The average Bonchev–Trinajstić information content (AvgIpc) is 3.30. The molecule has 0 atom stereocenters. The molecule has 3 aromatic rings. The van der Waals surface area contributed by atoms with Gasteiger partial charge in [-0.2, -0.15) is 0 Å². The summed E-state index contributed by atoms with van der Waals surface area (Å²) in [5.41, 5.74) is 0.239. The highest BCUT2D eigenvalue weighted by Crippen LogP contribution is 2.30. The SMILES string of the molecule is COC(=O)c1ccc(OCc2cc(-c3cccs3)on2)c([N+](=O)[O-])c1. The molecule has 0 aliphatic rings. The minimum atomic E-state index is -0.660. The van der Waals surface area contributed by atoms with Crippen molar-refractivity contribution in [2.75, 3.05) is 7.11 Å². The van der Waals surface area contributed by atoms with Crippen molar-refractivity contribution in [2.24, 2.45) is 0 Å². The van der Waals surface area contributed by atoms with Gasteiger partial charge >= 0.3 is 11.7 Å². The zero-order chi connectivity index (χ0) is 17.8. The van der Waals surface area contributed by atoms with E-state index in [9.17, 15) is 14.9 Å². The Balaban J connectivity index is 1.76. The summed E-state index contributed by atoms with van der Waals surface area (Å²) in [6.07, 6.45) is 0. The van der Waals surface area contributed by atoms with E-state index in [0.717, 1.165) is 10.9 Å². The molecule has 128 valence electrons. The van der Waals surface area contributed by atoms with Crippen LogP contribution in [0.3, 0.4) is 0 Å². The van der Waals surface area contributed by atoms with Gasteiger partial charge in [-0.15, -0.1) is 11.3 Å². The molecule has 0 radical (unpaired) electrons. The third-order valence-electron chi connectivity index (χ3n) is 3.28. The van der Waals surface area contributed by atoms with Gasteiger partial charge in [-0.1, -0.05) is 11.2 Å². The van der Waals surface area contributed by atoms with Crippen molar-refractivity contribution < 1.29 is 23.7 Å². The predicted octanol–water partition coefficient (Wildman–Crippen LogP) is 3.68. The minimum Gasteiger partial charge on any atom is -0.480 e. The van der Waals surface area contributed by atoms with Gasteiger partial charge in [0.1, 0.15) is 12.3 Å². The molecule has 25 heavy (non-hydrogen) atoms. The Bertz CT molecular complexity index is 903. The second-order valence-corrected chi connectivity index (χ2v) is 5.83. The van der Waals surface area contributed by atoms with E-state index in [1.54, 1.807) is 6.07 Å². The summed E-state index contributed by atoms with van der Waals surface area (Å²) in [5.74, 6) is -0.0331. The molecule has 0 amide bonds. The number of nitrogens with zero attached hydrogens (tertiary/aromatic N) is 2. The molecular formula is C16H12N2O6S. The third kappa shape index (κ3) is 3.66. The molecule has 2 aromatic heterocycles. The van der Waals surface area contributed by atoms with Gasteiger partial charge in [0.25, 0.3) is 0 Å². The molecule has 0 saturated heterocycles. The van der Waals surface area contributed by atoms with Gasteiger partial charge in [-0.05, 0) is 23.6 Å². The van der Waals surface area contributed by atoms with Gasteiger partial charge < -0.3 is 14.0 Å². The highest BCUT2D eigenvalue weighted by atomic mass is 32.1. The molecule has 9 heteroatoms. The fourth-order valence-corrected chi connectivity index (χ4v) is 2.77. The summed E-state index contributed by atoms with van der Waals surface area (Å²) >= 11 is 1.51. The van der Waals surface area contributed by atoms with Gasteiger partial charge in [-0.3, -0.25) is 10.1 Å². The largest absolute Gasteiger partial charge is 0.480 e. The van der Waals surface area contributed by atoms with Crippen LogP contribution in [-0.4, -0.2) is 23.2 Å². The monoisotopic (exact) mass is 360 g/mol. The summed E-state index contributed by atoms with van der Waals surface area (Å²) in [5, 5.41) is 17.0. The maximum atomic E-state index is 11.5. The molecule has 0 aliphatic carbocycles. The van der Waals surface area contributed by atoms with Crippen molar-refractivity contribution >= 4 is 23.0 Å². The Morgan fingerprint density at radius 1 is 1.36 bits per heavy atom. The van der Waals surface area contributed by atoms with Crippen molar-refractivity contribution in [3.05, 3.63) is 63.1 Å². The molecule has 1 aromatic carbocycles. The summed E-state index contributed by atoms with van der Waals surface area (Å²) in [6.45, 7) is -0.00666. The van der Waals surface area contributed by atoms with Crippen LogP contribution in [0, 0.1) is 10.1 Å². The quantitative estimate of drug-likeness (QED) is 0.375. The van der Waals surface area contributed by atoms with Crippen molar-refractivity contribution in [1.82, 2.24) is 5.16 Å². The van der Waals surface area contributed by atoms with Gasteiger partial charge in [0.2, 0.25) is 0 Å². The number of aromatic nitrogens is 1. The minimum absolute atomic E-state index is 0.00666. The zero-order valence-electron chi connectivity index (χ0n) is 13.0. The Labute approximate surface area is 145 Å². The summed E-state index contributed by atoms with van der Waals surface area (Å²) < 4.78 is 15.3. The van der Waals surface area contributed by atoms with E-state index in [4.69, 9.17) is 9.26 Å². The third-order valence-corrected chi connectivity index (χ3v) is 4.16. The molecule has 0 unspecified atom stereocenters. The number of ether oxygens (including phenoxy) is 2. The Kier molecular flexibility index (Phi) is 4.75. The number of carbonyl (C=O) groups is 1. The second-order valence-electron chi connectivity index (χ2n) is 4.88. The van der Waals surface area contributed by atoms with Crippen LogP contribution in [0.15, 0.2) is 46.3 Å². The van der Waals surface area contributed by atoms with E-state index in [1.165, 1.54) is 30.6 Å². The molecule has 0 saturated carbocycles. The molecule has 3 rings (SSSR count). The molecule has 0 spiro atoms. The first kappa shape index (κ1) is 16.7. The maximum absolute atomic E-state index is 11.5. The summed E-state index contributed by atoms with van der Waals surface area (Å²) in [4.78, 5) is 23.0. The first-order valence-electron chi connectivity index (χ1n) is 7.07. The number of methoxy groups -OCH3 is 1. The lowest BCUT2D eigenvalue weighted by molar-refractivity contribution is -0.386.